The fourth-order valence-electron chi connectivity index (χ4n) is 7.93. The molecule has 0 saturated carbocycles. The third kappa shape index (κ3) is 4.87. The summed E-state index contributed by atoms with van der Waals surface area (Å²) in [6.07, 6.45) is 1.86. The zero-order valence-electron chi connectivity index (χ0n) is 28.9. The van der Waals surface area contributed by atoms with Gasteiger partial charge in [0.05, 0.1) is 11.0 Å². The van der Waals surface area contributed by atoms with E-state index in [2.05, 4.69) is 151 Å². The summed E-state index contributed by atoms with van der Waals surface area (Å²) in [7, 11) is 0. The van der Waals surface area contributed by atoms with E-state index in [1.807, 2.05) is 24.4 Å². The largest absolute Gasteiger partial charge is 2.00 e. The van der Waals surface area contributed by atoms with Crippen molar-refractivity contribution in [3.8, 4) is 34.0 Å². The van der Waals surface area contributed by atoms with Crippen LogP contribution in [0, 0.1) is 13.0 Å². The predicted octanol–water partition coefficient (Wildman–Crippen LogP) is 11.3. The van der Waals surface area contributed by atoms with Crippen molar-refractivity contribution in [1.29, 1.82) is 0 Å². The molecule has 0 N–H and O–H groups in total. The van der Waals surface area contributed by atoms with Crippen LogP contribution < -0.4 is 4.98 Å². The number of para-hydroxylation sites is 4. The number of hydrogen-bond donors (Lipinski definition) is 0. The molecule has 6 heteroatoms. The normalized spacial score (nSPS) is 11.8. The maximum absolute atomic E-state index is 5.49. The van der Waals surface area contributed by atoms with Crippen molar-refractivity contribution in [2.75, 3.05) is 0 Å². The van der Waals surface area contributed by atoms with E-state index in [0.29, 0.717) is 5.92 Å². The molecule has 6 aromatic carbocycles. The zero-order chi connectivity index (χ0) is 34.2. The first-order chi connectivity index (χ1) is 25.0. The Morgan fingerprint density at radius 3 is 2.25 bits per heavy atom. The van der Waals surface area contributed by atoms with Gasteiger partial charge in [-0.1, -0.05) is 110 Å². The summed E-state index contributed by atoms with van der Waals surface area (Å²) in [6, 6.07) is 50.8. The van der Waals surface area contributed by atoms with Crippen LogP contribution in [0.5, 0.6) is 0 Å². The molecule has 52 heavy (non-hydrogen) atoms. The van der Waals surface area contributed by atoms with E-state index in [1.54, 1.807) is 0 Å². The van der Waals surface area contributed by atoms with Gasteiger partial charge in [0, 0.05) is 23.0 Å². The van der Waals surface area contributed by atoms with Crippen LogP contribution in [0.15, 0.2) is 140 Å². The van der Waals surface area contributed by atoms with Crippen molar-refractivity contribution >= 4 is 54.6 Å². The Labute approximate surface area is 315 Å². The van der Waals surface area contributed by atoms with Gasteiger partial charge in [0.25, 0.3) is 0 Å². The minimum atomic E-state index is 0. The van der Waals surface area contributed by atoms with Gasteiger partial charge < -0.3 is 9.55 Å². The second-order valence-electron chi connectivity index (χ2n) is 13.6. The van der Waals surface area contributed by atoms with Gasteiger partial charge in [-0.3, -0.25) is 4.57 Å². The molecule has 4 heterocycles. The molecule has 0 spiro atoms. The molecule has 0 atom stereocenters. The zero-order valence-corrected chi connectivity index (χ0v) is 31.2. The van der Waals surface area contributed by atoms with Crippen molar-refractivity contribution in [3.63, 3.8) is 0 Å². The molecule has 0 unspecified atom stereocenters. The number of aryl methyl sites for hydroxylation is 1. The number of nitrogens with zero attached hydrogens (tertiary/aromatic N) is 5. The van der Waals surface area contributed by atoms with Crippen LogP contribution in [-0.2, 0) is 21.1 Å². The standard InChI is InChI=1S/C46H33N5.Pt/c1-28(2)37-27-42-38(25-29(37)3)34-23-22-30(26-41(34)51(42)43-21-9-10-24-47-43)32-16-12-20-40-45(32)49-46(50(40)31-13-5-4-6-14-31)36-18-11-17-35-33-15-7-8-19-39(33)48-44(35)36;/h4-25,27-28H,1-3H3;/q-2;+2. The van der Waals surface area contributed by atoms with Gasteiger partial charge in [-0.15, -0.1) is 34.8 Å². The number of benzene rings is 6. The average Bonchev–Trinajstić information content (AvgIpc) is 3.84. The Balaban J connectivity index is 0.00000360. The van der Waals surface area contributed by atoms with Gasteiger partial charge in [-0.2, -0.15) is 0 Å². The molecule has 0 radical (unpaired) electrons. The van der Waals surface area contributed by atoms with E-state index in [0.717, 1.165) is 83.3 Å². The molecule has 0 bridgehead atoms. The maximum Gasteiger partial charge on any atom is 2.00 e. The minimum absolute atomic E-state index is 0. The number of imidazole rings is 1. The molecular formula is C46H33N5Pt. The van der Waals surface area contributed by atoms with Crippen molar-refractivity contribution in [2.45, 2.75) is 26.7 Å². The van der Waals surface area contributed by atoms with Crippen LogP contribution in [0.3, 0.4) is 0 Å². The number of rotatable bonds is 5. The van der Waals surface area contributed by atoms with Gasteiger partial charge in [-0.05, 0) is 82.0 Å². The molecule has 10 aromatic rings. The molecule has 0 aliphatic rings. The first-order valence-electron chi connectivity index (χ1n) is 17.5. The molecule has 0 aliphatic heterocycles. The average molecular weight is 851 g/mol. The van der Waals surface area contributed by atoms with E-state index in [9.17, 15) is 0 Å². The van der Waals surface area contributed by atoms with Gasteiger partial charge in [0.15, 0.2) is 0 Å². The predicted molar refractivity (Wildman–Crippen MR) is 210 cm³/mol. The van der Waals surface area contributed by atoms with Crippen LogP contribution in [0.2, 0.25) is 0 Å². The number of aromatic nitrogens is 5. The Kier molecular flexibility index (Phi) is 7.71. The van der Waals surface area contributed by atoms with Gasteiger partial charge in [-0.25, -0.2) is 9.97 Å². The Bertz CT molecular complexity index is 2950. The van der Waals surface area contributed by atoms with E-state index < -0.39 is 0 Å². The van der Waals surface area contributed by atoms with Crippen LogP contribution in [0.4, 0.5) is 0 Å². The summed E-state index contributed by atoms with van der Waals surface area (Å²) in [5, 5.41) is 4.64. The minimum Gasteiger partial charge on any atom is -0.656 e. The molecule has 4 aromatic heterocycles. The van der Waals surface area contributed by atoms with E-state index in [4.69, 9.17) is 15.0 Å². The fourth-order valence-corrected chi connectivity index (χ4v) is 7.93. The summed E-state index contributed by atoms with van der Waals surface area (Å²) in [6.45, 7) is 6.73. The van der Waals surface area contributed by atoms with E-state index >= 15 is 0 Å². The van der Waals surface area contributed by atoms with Crippen molar-refractivity contribution in [1.82, 2.24) is 24.1 Å². The summed E-state index contributed by atoms with van der Waals surface area (Å²) in [4.78, 5) is 15.4. The molecule has 0 amide bonds. The van der Waals surface area contributed by atoms with Crippen molar-refractivity contribution in [3.05, 3.63) is 157 Å². The molecule has 5 nitrogen and oxygen atoms in total. The first kappa shape index (κ1) is 32.2. The maximum atomic E-state index is 5.49. The number of hydrogen-bond acceptors (Lipinski definition) is 2. The fraction of sp³-hybridized carbons (Fsp3) is 0.0870. The molecule has 252 valence electrons. The van der Waals surface area contributed by atoms with Crippen LogP contribution in [-0.4, -0.2) is 19.1 Å². The molecule has 0 fully saturated rings. The number of fused-ring (bicyclic) bond motifs is 7. The smallest absolute Gasteiger partial charge is 0.656 e. The third-order valence-corrected chi connectivity index (χ3v) is 10.3. The van der Waals surface area contributed by atoms with Crippen LogP contribution in [0.25, 0.3) is 88.7 Å². The van der Waals surface area contributed by atoms with Gasteiger partial charge in [0.1, 0.15) is 11.6 Å². The topological polar surface area (TPSA) is 49.7 Å². The van der Waals surface area contributed by atoms with Crippen molar-refractivity contribution < 1.29 is 21.1 Å². The summed E-state index contributed by atoms with van der Waals surface area (Å²) >= 11 is 0. The van der Waals surface area contributed by atoms with Gasteiger partial charge >= 0.3 is 21.1 Å². The molecule has 0 aliphatic carbocycles. The van der Waals surface area contributed by atoms with Crippen LogP contribution >= 0.6 is 0 Å². The second-order valence-corrected chi connectivity index (χ2v) is 13.6. The van der Waals surface area contributed by atoms with Crippen LogP contribution in [0.1, 0.15) is 30.9 Å². The summed E-state index contributed by atoms with van der Waals surface area (Å²) < 4.78 is 4.53. The Hall–Kier alpha value is -5.77. The van der Waals surface area contributed by atoms with Gasteiger partial charge in [0.2, 0.25) is 0 Å². The Morgan fingerprint density at radius 2 is 1.42 bits per heavy atom. The quantitative estimate of drug-likeness (QED) is 0.162. The number of pyridine rings is 1. The Morgan fingerprint density at radius 1 is 0.654 bits per heavy atom. The van der Waals surface area contributed by atoms with E-state index in [1.165, 1.54) is 16.5 Å². The molecule has 0 saturated heterocycles. The second kappa shape index (κ2) is 12.5. The molecule has 10 rings (SSSR count). The monoisotopic (exact) mass is 850 g/mol. The SMILES string of the molecule is Cc1cc2c3ccc(-c4cccc5c4nc(-c4cccc6c4[n-]c4ccccc46)n5-c4ccccc4)[c-]c3n(-c3ccccn3)c2cc1C(C)C.[Pt+2]. The molecular weight excluding hydrogens is 818 g/mol. The third-order valence-electron chi connectivity index (χ3n) is 10.3. The summed E-state index contributed by atoms with van der Waals surface area (Å²) in [5.41, 5.74) is 12.7. The summed E-state index contributed by atoms with van der Waals surface area (Å²) in [5.74, 6) is 2.14. The van der Waals surface area contributed by atoms with Crippen molar-refractivity contribution in [2.24, 2.45) is 0 Å². The first-order valence-corrected chi connectivity index (χ1v) is 17.5. The van der Waals surface area contributed by atoms with E-state index in [-0.39, 0.29) is 21.1 Å².